The van der Waals surface area contributed by atoms with E-state index in [0.717, 1.165) is 38.3 Å². The molecule has 1 amide bonds. The second-order valence-corrected chi connectivity index (χ2v) is 5.40. The summed E-state index contributed by atoms with van der Waals surface area (Å²) >= 11 is 0. The molecule has 3 fully saturated rings. The van der Waals surface area contributed by atoms with Crippen LogP contribution in [0.1, 0.15) is 32.1 Å². The summed E-state index contributed by atoms with van der Waals surface area (Å²) in [5, 5.41) is 7.66. The van der Waals surface area contributed by atoms with Gasteiger partial charge in [-0.25, -0.2) is 5.01 Å². The number of hydrazine groups is 1. The zero-order chi connectivity index (χ0) is 11.1. The summed E-state index contributed by atoms with van der Waals surface area (Å²) in [6.07, 6.45) is 5.61. The topological polar surface area (TPSA) is 35.6 Å². The Hall–Kier alpha value is -0.610. The first-order chi connectivity index (χ1) is 7.77. The maximum Gasteiger partial charge on any atom is 0.238 e. The van der Waals surface area contributed by atoms with Gasteiger partial charge in [-0.3, -0.25) is 9.80 Å². The molecule has 3 aliphatic rings. The van der Waals surface area contributed by atoms with E-state index in [1.807, 2.05) is 0 Å². The predicted octanol–water partition coefficient (Wildman–Crippen LogP) is 0.596. The van der Waals surface area contributed by atoms with Crippen molar-refractivity contribution in [2.75, 3.05) is 20.1 Å². The number of nitrogens with zero attached hydrogens (tertiary/aromatic N) is 2. The molecular weight excluding hydrogens is 202 g/mol. The van der Waals surface area contributed by atoms with Crippen LogP contribution in [0.4, 0.5) is 0 Å². The highest BCUT2D eigenvalue weighted by Crippen LogP contribution is 2.40. The van der Waals surface area contributed by atoms with Gasteiger partial charge in [-0.05, 0) is 44.7 Å². The molecule has 1 saturated carbocycles. The van der Waals surface area contributed by atoms with Crippen molar-refractivity contribution in [3.8, 4) is 0 Å². The summed E-state index contributed by atoms with van der Waals surface area (Å²) in [5.41, 5.74) is 0. The minimum atomic E-state index is 0.353. The van der Waals surface area contributed by atoms with E-state index < -0.39 is 0 Å². The summed E-state index contributed by atoms with van der Waals surface area (Å²) in [6.45, 7) is 2.10. The molecule has 0 aromatic rings. The lowest BCUT2D eigenvalue weighted by Crippen LogP contribution is -2.50. The molecule has 4 heteroatoms. The molecule has 1 aliphatic carbocycles. The van der Waals surface area contributed by atoms with E-state index >= 15 is 0 Å². The third kappa shape index (κ3) is 1.74. The molecule has 1 unspecified atom stereocenters. The molecule has 90 valence electrons. The van der Waals surface area contributed by atoms with Crippen molar-refractivity contribution in [1.82, 2.24) is 15.3 Å². The Bertz CT molecular complexity index is 284. The molecule has 2 aliphatic heterocycles. The fourth-order valence-corrected chi connectivity index (χ4v) is 3.21. The van der Waals surface area contributed by atoms with E-state index in [4.69, 9.17) is 0 Å². The highest BCUT2D eigenvalue weighted by Gasteiger charge is 2.45. The van der Waals surface area contributed by atoms with Crippen molar-refractivity contribution in [3.63, 3.8) is 0 Å². The van der Waals surface area contributed by atoms with Gasteiger partial charge in [0.2, 0.25) is 5.91 Å². The number of nitrogens with one attached hydrogen (secondary N) is 1. The first kappa shape index (κ1) is 10.5. The number of hydrogen-bond donors (Lipinski definition) is 1. The van der Waals surface area contributed by atoms with Crippen LogP contribution < -0.4 is 5.32 Å². The van der Waals surface area contributed by atoms with Gasteiger partial charge in [-0.1, -0.05) is 0 Å². The van der Waals surface area contributed by atoms with Gasteiger partial charge in [0, 0.05) is 19.5 Å². The number of hydrogen-bond acceptors (Lipinski definition) is 3. The molecule has 1 N–H and O–H groups in total. The molecule has 3 rings (SSSR count). The normalized spacial score (nSPS) is 33.7. The van der Waals surface area contributed by atoms with Crippen molar-refractivity contribution >= 4 is 5.91 Å². The van der Waals surface area contributed by atoms with Crippen LogP contribution in [-0.2, 0) is 4.79 Å². The maximum atomic E-state index is 12.1. The number of rotatable bonds is 2. The van der Waals surface area contributed by atoms with Gasteiger partial charge in [-0.15, -0.1) is 0 Å². The van der Waals surface area contributed by atoms with E-state index in [-0.39, 0.29) is 0 Å². The molecule has 4 nitrogen and oxygen atoms in total. The van der Waals surface area contributed by atoms with Gasteiger partial charge < -0.3 is 5.32 Å². The highest BCUT2D eigenvalue weighted by atomic mass is 16.2. The predicted molar refractivity (Wildman–Crippen MR) is 61.6 cm³/mol. The lowest BCUT2D eigenvalue weighted by atomic mass is 10.1. The van der Waals surface area contributed by atoms with Crippen LogP contribution in [0.15, 0.2) is 0 Å². The highest BCUT2D eigenvalue weighted by molar-refractivity contribution is 5.78. The van der Waals surface area contributed by atoms with Crippen LogP contribution in [0.25, 0.3) is 0 Å². The third-order valence-electron chi connectivity index (χ3n) is 4.28. The number of carbonyl (C=O) groups is 1. The standard InChI is InChI=1S/C12H21N3O/c1-14-11(9-2-3-9)8-12(16)15(14)10-4-6-13-7-5-10/h9-11,13H,2-8H2,1H3. The summed E-state index contributed by atoms with van der Waals surface area (Å²) in [7, 11) is 2.11. The second-order valence-electron chi connectivity index (χ2n) is 5.40. The fraction of sp³-hybridized carbons (Fsp3) is 0.917. The quantitative estimate of drug-likeness (QED) is 0.744. The van der Waals surface area contributed by atoms with Crippen LogP contribution in [-0.4, -0.2) is 48.1 Å². The molecule has 16 heavy (non-hydrogen) atoms. The SMILES string of the molecule is CN1C(C2CC2)CC(=O)N1C1CCNCC1. The molecule has 2 heterocycles. The van der Waals surface area contributed by atoms with Crippen LogP contribution in [0.3, 0.4) is 0 Å². The summed E-state index contributed by atoms with van der Waals surface area (Å²) in [6, 6.07) is 0.949. The molecule has 2 saturated heterocycles. The van der Waals surface area contributed by atoms with Crippen molar-refractivity contribution in [2.45, 2.75) is 44.2 Å². The Morgan fingerprint density at radius 1 is 1.19 bits per heavy atom. The maximum absolute atomic E-state index is 12.1. The summed E-state index contributed by atoms with van der Waals surface area (Å²) in [5.74, 6) is 1.15. The van der Waals surface area contributed by atoms with Gasteiger partial charge in [0.15, 0.2) is 0 Å². The lowest BCUT2D eigenvalue weighted by molar-refractivity contribution is -0.143. The summed E-state index contributed by atoms with van der Waals surface area (Å²) < 4.78 is 0. The second kappa shape index (κ2) is 4.00. The van der Waals surface area contributed by atoms with Gasteiger partial charge in [0.05, 0.1) is 6.04 Å². The Balaban J connectivity index is 1.70. The van der Waals surface area contributed by atoms with Gasteiger partial charge in [0.25, 0.3) is 0 Å². The molecule has 0 spiro atoms. The van der Waals surface area contributed by atoms with Crippen LogP contribution in [0, 0.1) is 5.92 Å². The minimum absolute atomic E-state index is 0.353. The van der Waals surface area contributed by atoms with E-state index in [1.165, 1.54) is 12.8 Å². The Morgan fingerprint density at radius 2 is 1.88 bits per heavy atom. The fourth-order valence-electron chi connectivity index (χ4n) is 3.21. The van der Waals surface area contributed by atoms with Crippen molar-refractivity contribution in [3.05, 3.63) is 0 Å². The molecule has 0 bridgehead atoms. The van der Waals surface area contributed by atoms with Gasteiger partial charge in [0.1, 0.15) is 0 Å². The van der Waals surface area contributed by atoms with Crippen molar-refractivity contribution in [2.24, 2.45) is 5.92 Å². The van der Waals surface area contributed by atoms with Crippen LogP contribution in [0.5, 0.6) is 0 Å². The van der Waals surface area contributed by atoms with Crippen LogP contribution >= 0.6 is 0 Å². The average molecular weight is 223 g/mol. The molecular formula is C12H21N3O. The van der Waals surface area contributed by atoms with Gasteiger partial charge >= 0.3 is 0 Å². The molecule has 0 radical (unpaired) electrons. The van der Waals surface area contributed by atoms with E-state index in [2.05, 4.69) is 22.4 Å². The zero-order valence-corrected chi connectivity index (χ0v) is 9.98. The first-order valence-corrected chi connectivity index (χ1v) is 6.53. The van der Waals surface area contributed by atoms with E-state index in [0.29, 0.717) is 18.0 Å². The Morgan fingerprint density at radius 3 is 2.50 bits per heavy atom. The van der Waals surface area contributed by atoms with E-state index in [1.54, 1.807) is 0 Å². The lowest BCUT2D eigenvalue weighted by Gasteiger charge is -2.37. The van der Waals surface area contributed by atoms with Crippen molar-refractivity contribution in [1.29, 1.82) is 0 Å². The zero-order valence-electron chi connectivity index (χ0n) is 9.98. The minimum Gasteiger partial charge on any atom is -0.317 e. The smallest absolute Gasteiger partial charge is 0.238 e. The Kier molecular flexibility index (Phi) is 2.64. The monoisotopic (exact) mass is 223 g/mol. The number of amides is 1. The van der Waals surface area contributed by atoms with Gasteiger partial charge in [-0.2, -0.15) is 0 Å². The molecule has 0 aromatic carbocycles. The third-order valence-corrected chi connectivity index (χ3v) is 4.28. The average Bonchev–Trinajstić information content (AvgIpc) is 3.07. The number of piperidine rings is 1. The largest absolute Gasteiger partial charge is 0.317 e. The first-order valence-electron chi connectivity index (χ1n) is 6.53. The Labute approximate surface area is 96.9 Å². The molecule has 1 atom stereocenters. The number of carbonyl (C=O) groups excluding carboxylic acids is 1. The molecule has 0 aromatic heterocycles. The summed E-state index contributed by atoms with van der Waals surface area (Å²) in [4.78, 5) is 12.1. The van der Waals surface area contributed by atoms with E-state index in [9.17, 15) is 4.79 Å². The van der Waals surface area contributed by atoms with Crippen LogP contribution in [0.2, 0.25) is 0 Å². The van der Waals surface area contributed by atoms with Crippen molar-refractivity contribution < 1.29 is 4.79 Å².